The molecular formula is C15H14BrNO2. The second-order valence-electron chi connectivity index (χ2n) is 3.82. The maximum Gasteiger partial charge on any atom is 0.161 e. The Morgan fingerprint density at radius 2 is 1.63 bits per heavy atom. The van der Waals surface area contributed by atoms with Crippen LogP contribution in [0.5, 0.6) is 11.5 Å². The monoisotopic (exact) mass is 319 g/mol. The summed E-state index contributed by atoms with van der Waals surface area (Å²) >= 11 is 3.50. The van der Waals surface area contributed by atoms with Crippen molar-refractivity contribution in [3.05, 3.63) is 52.5 Å². The van der Waals surface area contributed by atoms with Gasteiger partial charge in [-0.1, -0.05) is 18.2 Å². The zero-order valence-corrected chi connectivity index (χ0v) is 12.3. The molecule has 0 atom stereocenters. The fourth-order valence-corrected chi connectivity index (χ4v) is 2.05. The molecule has 0 aliphatic rings. The third-order valence-corrected chi connectivity index (χ3v) is 3.30. The van der Waals surface area contributed by atoms with Crippen molar-refractivity contribution >= 4 is 27.8 Å². The van der Waals surface area contributed by atoms with Crippen LogP contribution in [0.25, 0.3) is 0 Å². The van der Waals surface area contributed by atoms with Crippen LogP contribution in [-0.2, 0) is 0 Å². The maximum atomic E-state index is 5.28. The molecule has 0 radical (unpaired) electrons. The van der Waals surface area contributed by atoms with Gasteiger partial charge in [0.25, 0.3) is 0 Å². The number of nitrogens with zero attached hydrogens (tertiary/aromatic N) is 1. The van der Waals surface area contributed by atoms with Gasteiger partial charge in [-0.3, -0.25) is 4.99 Å². The molecule has 0 N–H and O–H groups in total. The van der Waals surface area contributed by atoms with Gasteiger partial charge in [0, 0.05) is 16.3 Å². The highest BCUT2D eigenvalue weighted by Gasteiger charge is 2.07. The summed E-state index contributed by atoms with van der Waals surface area (Å²) in [5.41, 5.74) is 1.84. The van der Waals surface area contributed by atoms with Gasteiger partial charge < -0.3 is 9.47 Å². The Labute approximate surface area is 121 Å². The molecule has 0 amide bonds. The minimum absolute atomic E-state index is 0.681. The van der Waals surface area contributed by atoms with Gasteiger partial charge in [-0.25, -0.2) is 0 Å². The van der Waals surface area contributed by atoms with Gasteiger partial charge in [0.1, 0.15) is 0 Å². The molecule has 98 valence electrons. The van der Waals surface area contributed by atoms with E-state index in [0.717, 1.165) is 15.7 Å². The number of hydrogen-bond acceptors (Lipinski definition) is 3. The molecule has 0 heterocycles. The summed E-state index contributed by atoms with van der Waals surface area (Å²) in [4.78, 5) is 4.42. The van der Waals surface area contributed by atoms with Gasteiger partial charge in [-0.05, 0) is 40.2 Å². The molecule has 0 aromatic heterocycles. The first-order chi connectivity index (χ1) is 9.24. The van der Waals surface area contributed by atoms with Crippen LogP contribution in [0.4, 0.5) is 5.69 Å². The average Bonchev–Trinajstić information content (AvgIpc) is 2.46. The summed E-state index contributed by atoms with van der Waals surface area (Å²) in [6, 6.07) is 13.5. The van der Waals surface area contributed by atoms with Crippen LogP contribution >= 0.6 is 15.9 Å². The zero-order chi connectivity index (χ0) is 13.7. The second-order valence-corrected chi connectivity index (χ2v) is 4.68. The van der Waals surface area contributed by atoms with Crippen molar-refractivity contribution < 1.29 is 9.47 Å². The second kappa shape index (κ2) is 6.38. The van der Waals surface area contributed by atoms with E-state index >= 15 is 0 Å². The lowest BCUT2D eigenvalue weighted by atomic mass is 10.2. The van der Waals surface area contributed by atoms with E-state index < -0.39 is 0 Å². The molecule has 2 aromatic rings. The molecule has 3 nitrogen and oxygen atoms in total. The minimum atomic E-state index is 0.681. The molecule has 2 rings (SSSR count). The molecule has 0 fully saturated rings. The SMILES string of the molecule is COc1cc(Br)c(C=Nc2ccccc2)cc1OC. The number of ether oxygens (including phenoxy) is 2. The number of benzene rings is 2. The zero-order valence-electron chi connectivity index (χ0n) is 10.8. The van der Waals surface area contributed by atoms with Gasteiger partial charge >= 0.3 is 0 Å². The maximum absolute atomic E-state index is 5.28. The van der Waals surface area contributed by atoms with Crippen LogP contribution in [0, 0.1) is 0 Å². The Hall–Kier alpha value is -1.81. The molecule has 0 aliphatic carbocycles. The molecule has 2 aromatic carbocycles. The van der Waals surface area contributed by atoms with Crippen LogP contribution in [0.15, 0.2) is 51.9 Å². The molecule has 0 bridgehead atoms. The van der Waals surface area contributed by atoms with Crippen molar-refractivity contribution in [2.45, 2.75) is 0 Å². The Bertz CT molecular complexity index is 582. The van der Waals surface area contributed by atoms with Gasteiger partial charge in [0.05, 0.1) is 19.9 Å². The third-order valence-electron chi connectivity index (χ3n) is 2.61. The van der Waals surface area contributed by atoms with Crippen molar-refractivity contribution in [3.8, 4) is 11.5 Å². The molecule has 0 aliphatic heterocycles. The van der Waals surface area contributed by atoms with E-state index in [0.29, 0.717) is 11.5 Å². The molecule has 0 saturated heterocycles. The van der Waals surface area contributed by atoms with Crippen molar-refractivity contribution in [2.75, 3.05) is 14.2 Å². The van der Waals surface area contributed by atoms with Crippen molar-refractivity contribution in [1.82, 2.24) is 0 Å². The molecular weight excluding hydrogens is 306 g/mol. The Morgan fingerprint density at radius 1 is 1.00 bits per heavy atom. The molecule has 0 saturated carbocycles. The van der Waals surface area contributed by atoms with Crippen molar-refractivity contribution in [3.63, 3.8) is 0 Å². The summed E-state index contributed by atoms with van der Waals surface area (Å²) < 4.78 is 11.4. The Kier molecular flexibility index (Phi) is 4.58. The summed E-state index contributed by atoms with van der Waals surface area (Å²) in [5, 5.41) is 0. The lowest BCUT2D eigenvalue weighted by Gasteiger charge is -2.09. The molecule has 19 heavy (non-hydrogen) atoms. The minimum Gasteiger partial charge on any atom is -0.493 e. The first kappa shape index (κ1) is 13.6. The number of rotatable bonds is 4. The van der Waals surface area contributed by atoms with Crippen molar-refractivity contribution in [1.29, 1.82) is 0 Å². The van der Waals surface area contributed by atoms with Crippen LogP contribution in [-0.4, -0.2) is 20.4 Å². The first-order valence-corrected chi connectivity index (χ1v) is 6.54. The van der Waals surface area contributed by atoms with E-state index in [1.54, 1.807) is 20.4 Å². The van der Waals surface area contributed by atoms with Gasteiger partial charge in [-0.2, -0.15) is 0 Å². The highest BCUT2D eigenvalue weighted by Crippen LogP contribution is 2.32. The van der Waals surface area contributed by atoms with E-state index in [9.17, 15) is 0 Å². The van der Waals surface area contributed by atoms with Crippen LogP contribution < -0.4 is 9.47 Å². The highest BCUT2D eigenvalue weighted by molar-refractivity contribution is 9.10. The predicted molar refractivity (Wildman–Crippen MR) is 80.9 cm³/mol. The van der Waals surface area contributed by atoms with E-state index in [4.69, 9.17) is 9.47 Å². The summed E-state index contributed by atoms with van der Waals surface area (Å²) in [6.45, 7) is 0. The lowest BCUT2D eigenvalue weighted by Crippen LogP contribution is -1.93. The first-order valence-electron chi connectivity index (χ1n) is 5.75. The number of methoxy groups -OCH3 is 2. The number of halogens is 1. The normalized spacial score (nSPS) is 10.7. The summed E-state index contributed by atoms with van der Waals surface area (Å²) in [5.74, 6) is 1.37. The molecule has 4 heteroatoms. The summed E-state index contributed by atoms with van der Waals surface area (Å²) in [7, 11) is 3.23. The smallest absolute Gasteiger partial charge is 0.161 e. The fourth-order valence-electron chi connectivity index (χ4n) is 1.63. The Morgan fingerprint density at radius 3 is 2.26 bits per heavy atom. The van der Waals surface area contributed by atoms with Gasteiger partial charge in [0.2, 0.25) is 0 Å². The van der Waals surface area contributed by atoms with Gasteiger partial charge in [0.15, 0.2) is 11.5 Å². The van der Waals surface area contributed by atoms with Crippen LogP contribution in [0.2, 0.25) is 0 Å². The number of aliphatic imine (C=N–C) groups is 1. The number of hydrogen-bond donors (Lipinski definition) is 0. The fraction of sp³-hybridized carbons (Fsp3) is 0.133. The Balaban J connectivity index is 2.33. The van der Waals surface area contributed by atoms with Crippen molar-refractivity contribution in [2.24, 2.45) is 4.99 Å². The highest BCUT2D eigenvalue weighted by atomic mass is 79.9. The largest absolute Gasteiger partial charge is 0.493 e. The van der Waals surface area contributed by atoms with E-state index in [1.807, 2.05) is 42.5 Å². The van der Waals surface area contributed by atoms with E-state index in [1.165, 1.54) is 0 Å². The third kappa shape index (κ3) is 3.35. The quantitative estimate of drug-likeness (QED) is 0.790. The summed E-state index contributed by atoms with van der Waals surface area (Å²) in [6.07, 6.45) is 1.79. The van der Waals surface area contributed by atoms with Gasteiger partial charge in [-0.15, -0.1) is 0 Å². The van der Waals surface area contributed by atoms with Crippen LogP contribution in [0.1, 0.15) is 5.56 Å². The predicted octanol–water partition coefficient (Wildman–Crippen LogP) is 4.22. The standard InChI is InChI=1S/C15H14BrNO2/c1-18-14-8-11(13(16)9-15(14)19-2)10-17-12-6-4-3-5-7-12/h3-10H,1-2H3. The van der Waals surface area contributed by atoms with E-state index in [-0.39, 0.29) is 0 Å². The molecule has 0 spiro atoms. The number of para-hydroxylation sites is 1. The van der Waals surface area contributed by atoms with E-state index in [2.05, 4.69) is 20.9 Å². The topological polar surface area (TPSA) is 30.8 Å². The average molecular weight is 320 g/mol. The lowest BCUT2D eigenvalue weighted by molar-refractivity contribution is 0.354. The molecule has 0 unspecified atom stereocenters. The van der Waals surface area contributed by atoms with Crippen LogP contribution in [0.3, 0.4) is 0 Å².